The molecule has 1 aliphatic rings. The highest BCUT2D eigenvalue weighted by molar-refractivity contribution is 8.18. The van der Waals surface area contributed by atoms with Gasteiger partial charge in [0.1, 0.15) is 23.0 Å². The number of aliphatic hydroxyl groups excluding tert-OH is 1. The molecule has 8 heteroatoms. The summed E-state index contributed by atoms with van der Waals surface area (Å²) in [6.45, 7) is 3.75. The second-order valence-electron chi connectivity index (χ2n) is 6.02. The van der Waals surface area contributed by atoms with Crippen LogP contribution in [-0.2, 0) is 14.3 Å². The molecule has 0 aromatic heterocycles. The number of rotatable bonds is 8. The standard InChI is InChI=1S/C22H23NO6S/c1-5-8-18(24)23-21-19(22(26)28-7-3)20(25)17(30-21)13-14-9-10-15(29-11-6-2)16(12-14)27-4/h2,9-10,12-13,25H,5,7-8,11H2,1,3-4H3/b17-13-,23-21?. The molecule has 2 rings (SSSR count). The van der Waals surface area contributed by atoms with Crippen molar-refractivity contribution in [3.05, 3.63) is 40.0 Å². The third-order valence-electron chi connectivity index (χ3n) is 3.86. The predicted octanol–water partition coefficient (Wildman–Crippen LogP) is 3.90. The van der Waals surface area contributed by atoms with Gasteiger partial charge in [-0.3, -0.25) is 4.79 Å². The van der Waals surface area contributed by atoms with Crippen molar-refractivity contribution in [3.63, 3.8) is 0 Å². The van der Waals surface area contributed by atoms with Crippen LogP contribution in [-0.4, -0.2) is 42.4 Å². The Bertz CT molecular complexity index is 955. The molecule has 0 aliphatic carbocycles. The van der Waals surface area contributed by atoms with Gasteiger partial charge in [0.05, 0.1) is 18.6 Å². The van der Waals surface area contributed by atoms with Gasteiger partial charge in [0.25, 0.3) is 0 Å². The number of nitrogens with zero attached hydrogens (tertiary/aromatic N) is 1. The molecule has 7 nitrogen and oxygen atoms in total. The number of benzene rings is 1. The number of hydrogen-bond donors (Lipinski definition) is 1. The first kappa shape index (κ1) is 23.1. The quantitative estimate of drug-likeness (QED) is 0.495. The smallest absolute Gasteiger partial charge is 0.344 e. The van der Waals surface area contributed by atoms with Gasteiger partial charge in [-0.15, -0.1) is 6.42 Å². The summed E-state index contributed by atoms with van der Waals surface area (Å²) in [7, 11) is 1.50. The SMILES string of the molecule is C#CCOc1ccc(/C=C2\SC(=NC(=O)CCC)C(C(=O)OCC)=C2O)cc1OC. The number of terminal acetylenes is 1. The molecule has 1 aromatic rings. The molecule has 0 saturated carbocycles. The molecule has 0 bridgehead atoms. The first-order chi connectivity index (χ1) is 14.4. The molecule has 0 atom stereocenters. The van der Waals surface area contributed by atoms with Crippen LogP contribution in [0.25, 0.3) is 6.08 Å². The van der Waals surface area contributed by atoms with Gasteiger partial charge in [0.15, 0.2) is 11.5 Å². The zero-order chi connectivity index (χ0) is 22.1. The zero-order valence-corrected chi connectivity index (χ0v) is 17.9. The maximum atomic E-state index is 12.3. The van der Waals surface area contributed by atoms with E-state index in [4.69, 9.17) is 20.6 Å². The largest absolute Gasteiger partial charge is 0.506 e. The molecule has 0 spiro atoms. The molecule has 158 valence electrons. The normalized spacial score (nSPS) is 15.9. The van der Waals surface area contributed by atoms with Crippen LogP contribution in [0.2, 0.25) is 0 Å². The lowest BCUT2D eigenvalue weighted by Gasteiger charge is -2.09. The Labute approximate surface area is 179 Å². The number of methoxy groups -OCH3 is 1. The van der Waals surface area contributed by atoms with Gasteiger partial charge in [0.2, 0.25) is 5.91 Å². The minimum Gasteiger partial charge on any atom is -0.506 e. The number of esters is 1. The monoisotopic (exact) mass is 429 g/mol. The zero-order valence-electron chi connectivity index (χ0n) is 17.1. The highest BCUT2D eigenvalue weighted by Crippen LogP contribution is 2.40. The van der Waals surface area contributed by atoms with Gasteiger partial charge < -0.3 is 19.3 Å². The summed E-state index contributed by atoms with van der Waals surface area (Å²) in [5.41, 5.74) is 0.566. The van der Waals surface area contributed by atoms with Crippen LogP contribution in [0.1, 0.15) is 32.3 Å². The highest BCUT2D eigenvalue weighted by atomic mass is 32.2. The Morgan fingerprint density at radius 2 is 2.07 bits per heavy atom. The van der Waals surface area contributed by atoms with E-state index in [9.17, 15) is 14.7 Å². The number of amides is 1. The maximum Gasteiger partial charge on any atom is 0.344 e. The van der Waals surface area contributed by atoms with Crippen molar-refractivity contribution in [3.8, 4) is 23.8 Å². The fourth-order valence-electron chi connectivity index (χ4n) is 2.54. The third kappa shape index (κ3) is 5.67. The Balaban J connectivity index is 2.43. The first-order valence-corrected chi connectivity index (χ1v) is 10.1. The van der Waals surface area contributed by atoms with E-state index in [1.54, 1.807) is 31.2 Å². The fraction of sp³-hybridized carbons (Fsp3) is 0.318. The van der Waals surface area contributed by atoms with Crippen LogP contribution >= 0.6 is 11.8 Å². The Morgan fingerprint density at radius 3 is 2.70 bits per heavy atom. The van der Waals surface area contributed by atoms with Crippen molar-refractivity contribution in [2.24, 2.45) is 4.99 Å². The number of carbonyl (C=O) groups is 2. The van der Waals surface area contributed by atoms with Crippen molar-refractivity contribution in [2.75, 3.05) is 20.3 Å². The number of thioether (sulfide) groups is 1. The topological polar surface area (TPSA) is 94.4 Å². The van der Waals surface area contributed by atoms with Gasteiger partial charge >= 0.3 is 5.97 Å². The lowest BCUT2D eigenvalue weighted by molar-refractivity contribution is -0.138. The van der Waals surface area contributed by atoms with Gasteiger partial charge in [-0.2, -0.15) is 0 Å². The molecule has 1 aliphatic heterocycles. The van der Waals surface area contributed by atoms with Crippen molar-refractivity contribution in [1.29, 1.82) is 0 Å². The Hall–Kier alpha value is -3.18. The van der Waals surface area contributed by atoms with Gasteiger partial charge in [-0.25, -0.2) is 9.79 Å². The molecule has 0 unspecified atom stereocenters. The molecule has 1 amide bonds. The summed E-state index contributed by atoms with van der Waals surface area (Å²) in [6.07, 6.45) is 7.74. The van der Waals surface area contributed by atoms with E-state index in [-0.39, 0.29) is 41.9 Å². The number of hydrogen-bond acceptors (Lipinski definition) is 7. The molecule has 0 fully saturated rings. The Morgan fingerprint density at radius 1 is 1.30 bits per heavy atom. The van der Waals surface area contributed by atoms with Crippen LogP contribution in [0, 0.1) is 12.3 Å². The summed E-state index contributed by atoms with van der Waals surface area (Å²) in [6, 6.07) is 5.14. The molecule has 0 radical (unpaired) electrons. The lowest BCUT2D eigenvalue weighted by Crippen LogP contribution is -2.14. The Kier molecular flexibility index (Phi) is 8.56. The second kappa shape index (κ2) is 11.1. The van der Waals surface area contributed by atoms with Crippen LogP contribution in [0.15, 0.2) is 39.4 Å². The van der Waals surface area contributed by atoms with Gasteiger partial charge in [0, 0.05) is 6.42 Å². The molecule has 0 saturated heterocycles. The van der Waals surface area contributed by atoms with Gasteiger partial charge in [-0.1, -0.05) is 30.7 Å². The number of carbonyl (C=O) groups excluding carboxylic acids is 2. The van der Waals surface area contributed by atoms with E-state index in [2.05, 4.69) is 10.9 Å². The first-order valence-electron chi connectivity index (χ1n) is 9.31. The molecule has 1 heterocycles. The van der Waals surface area contributed by atoms with Crippen LogP contribution in [0.5, 0.6) is 11.5 Å². The second-order valence-corrected chi connectivity index (χ2v) is 7.05. The number of aliphatic imine (C=N–C) groups is 1. The minimum atomic E-state index is -0.732. The molecule has 30 heavy (non-hydrogen) atoms. The third-order valence-corrected chi connectivity index (χ3v) is 4.88. The lowest BCUT2D eigenvalue weighted by atomic mass is 10.1. The minimum absolute atomic E-state index is 0.102. The van der Waals surface area contributed by atoms with Crippen LogP contribution in [0.4, 0.5) is 0 Å². The molecular formula is C22H23NO6S. The average molecular weight is 429 g/mol. The average Bonchev–Trinajstić information content (AvgIpc) is 3.01. The van der Waals surface area contributed by atoms with E-state index in [1.165, 1.54) is 7.11 Å². The highest BCUT2D eigenvalue weighted by Gasteiger charge is 2.33. The molecule has 1 aromatic carbocycles. The molecule has 1 N–H and O–H groups in total. The van der Waals surface area contributed by atoms with Crippen LogP contribution in [0.3, 0.4) is 0 Å². The summed E-state index contributed by atoms with van der Waals surface area (Å²) in [5, 5.41) is 10.8. The summed E-state index contributed by atoms with van der Waals surface area (Å²) in [4.78, 5) is 28.7. The van der Waals surface area contributed by atoms with Crippen LogP contribution < -0.4 is 9.47 Å². The predicted molar refractivity (Wildman–Crippen MR) is 117 cm³/mol. The number of aliphatic hydroxyl groups is 1. The number of ether oxygens (including phenoxy) is 3. The summed E-state index contributed by atoms with van der Waals surface area (Å²) in [5.74, 6) is 1.95. The van der Waals surface area contributed by atoms with E-state index in [0.717, 1.165) is 11.8 Å². The van der Waals surface area contributed by atoms with Crippen molar-refractivity contribution < 1.29 is 28.9 Å². The van der Waals surface area contributed by atoms with Gasteiger partial charge in [-0.05, 0) is 37.1 Å². The van der Waals surface area contributed by atoms with E-state index >= 15 is 0 Å². The summed E-state index contributed by atoms with van der Waals surface area (Å²) >= 11 is 1.03. The van der Waals surface area contributed by atoms with Crippen molar-refractivity contribution in [2.45, 2.75) is 26.7 Å². The maximum absolute atomic E-state index is 12.3. The van der Waals surface area contributed by atoms with Crippen molar-refractivity contribution >= 4 is 34.8 Å². The van der Waals surface area contributed by atoms with E-state index < -0.39 is 5.97 Å². The van der Waals surface area contributed by atoms with E-state index in [0.29, 0.717) is 28.4 Å². The van der Waals surface area contributed by atoms with E-state index in [1.807, 2.05) is 6.92 Å². The van der Waals surface area contributed by atoms with Crippen molar-refractivity contribution in [1.82, 2.24) is 0 Å². The summed E-state index contributed by atoms with van der Waals surface area (Å²) < 4.78 is 15.8. The molecular weight excluding hydrogens is 406 g/mol. The fourth-order valence-corrected chi connectivity index (χ4v) is 3.57.